The summed E-state index contributed by atoms with van der Waals surface area (Å²) in [6, 6.07) is 14.2. The van der Waals surface area contributed by atoms with Crippen LogP contribution in [0.3, 0.4) is 0 Å². The van der Waals surface area contributed by atoms with Gasteiger partial charge in [-0.25, -0.2) is 4.90 Å². The van der Waals surface area contributed by atoms with Crippen molar-refractivity contribution >= 4 is 34.2 Å². The summed E-state index contributed by atoms with van der Waals surface area (Å²) >= 11 is 0. The van der Waals surface area contributed by atoms with Crippen LogP contribution in [0.15, 0.2) is 48.5 Å². The van der Waals surface area contributed by atoms with E-state index in [1.54, 1.807) is 31.2 Å². The van der Waals surface area contributed by atoms with Crippen LogP contribution in [0.2, 0.25) is 0 Å². The van der Waals surface area contributed by atoms with E-state index < -0.39 is 11.8 Å². The minimum Gasteiger partial charge on any atom is -0.492 e. The molecule has 3 aromatic carbocycles. The van der Waals surface area contributed by atoms with Gasteiger partial charge in [0.05, 0.1) is 43.1 Å². The fraction of sp³-hybridized carbons (Fsp3) is 0.321. The lowest BCUT2D eigenvalue weighted by Gasteiger charge is -2.16. The normalized spacial score (nSPS) is 12.7. The molecule has 7 heteroatoms. The van der Waals surface area contributed by atoms with Gasteiger partial charge in [0.15, 0.2) is 0 Å². The summed E-state index contributed by atoms with van der Waals surface area (Å²) in [5.74, 6) is -0.449. The number of carbonyl (C=O) groups excluding carboxylic acids is 3. The Bertz CT molecular complexity index is 1260. The summed E-state index contributed by atoms with van der Waals surface area (Å²) in [5.41, 5.74) is 1.59. The maximum absolute atomic E-state index is 13.7. The molecule has 7 nitrogen and oxygen atoms in total. The monoisotopic (exact) mass is 475 g/mol. The predicted molar refractivity (Wildman–Crippen MR) is 133 cm³/mol. The highest BCUT2D eigenvalue weighted by atomic mass is 16.5. The second kappa shape index (κ2) is 10.6. The number of hydrogen-bond acceptors (Lipinski definition) is 6. The van der Waals surface area contributed by atoms with Crippen LogP contribution in [0.1, 0.15) is 59.9 Å². The van der Waals surface area contributed by atoms with Crippen molar-refractivity contribution in [3.8, 4) is 11.5 Å². The molecule has 1 heterocycles. The van der Waals surface area contributed by atoms with Gasteiger partial charge in [-0.3, -0.25) is 14.4 Å². The zero-order valence-corrected chi connectivity index (χ0v) is 20.3. The third-order valence-corrected chi connectivity index (χ3v) is 5.84. The van der Waals surface area contributed by atoms with Crippen molar-refractivity contribution in [1.82, 2.24) is 0 Å². The average Bonchev–Trinajstić information content (AvgIpc) is 3.11. The summed E-state index contributed by atoms with van der Waals surface area (Å²) in [5, 5.41) is 1.46. The molecule has 1 aliphatic heterocycles. The van der Waals surface area contributed by atoms with Crippen LogP contribution < -0.4 is 14.4 Å². The fourth-order valence-electron chi connectivity index (χ4n) is 4.24. The Balaban J connectivity index is 1.79. The van der Waals surface area contributed by atoms with E-state index in [1.807, 2.05) is 31.2 Å². The van der Waals surface area contributed by atoms with Crippen molar-refractivity contribution in [2.45, 2.75) is 40.0 Å². The predicted octanol–water partition coefficient (Wildman–Crippen LogP) is 5.32. The second-order valence-electron chi connectivity index (χ2n) is 8.18. The van der Waals surface area contributed by atoms with Crippen LogP contribution in [-0.2, 0) is 16.0 Å². The van der Waals surface area contributed by atoms with Crippen LogP contribution in [-0.4, -0.2) is 37.6 Å². The number of benzene rings is 3. The zero-order chi connectivity index (χ0) is 24.9. The van der Waals surface area contributed by atoms with Crippen LogP contribution in [0.5, 0.6) is 11.5 Å². The molecule has 182 valence electrons. The Kier molecular flexibility index (Phi) is 7.34. The molecule has 0 saturated carbocycles. The molecule has 0 bridgehead atoms. The van der Waals surface area contributed by atoms with E-state index in [-0.39, 0.29) is 23.5 Å². The molecule has 0 atom stereocenters. The first-order valence-corrected chi connectivity index (χ1v) is 12.0. The lowest BCUT2D eigenvalue weighted by atomic mass is 9.99. The van der Waals surface area contributed by atoms with Gasteiger partial charge in [0.2, 0.25) is 0 Å². The number of nitrogens with zero attached hydrogens (tertiary/aromatic N) is 1. The highest BCUT2D eigenvalue weighted by Gasteiger charge is 2.43. The smallest absolute Gasteiger partial charge is 0.310 e. The minimum absolute atomic E-state index is 0.117. The van der Waals surface area contributed by atoms with E-state index in [0.29, 0.717) is 37.0 Å². The Morgan fingerprint density at radius 1 is 0.800 bits per heavy atom. The van der Waals surface area contributed by atoms with Gasteiger partial charge in [-0.1, -0.05) is 49.7 Å². The Labute approximate surface area is 204 Å². The summed E-state index contributed by atoms with van der Waals surface area (Å²) in [6.07, 6.45) is 1.88. The molecule has 4 rings (SSSR count). The lowest BCUT2D eigenvalue weighted by Crippen LogP contribution is -2.29. The van der Waals surface area contributed by atoms with E-state index in [0.717, 1.165) is 34.1 Å². The third-order valence-electron chi connectivity index (χ3n) is 5.84. The van der Waals surface area contributed by atoms with Crippen molar-refractivity contribution in [1.29, 1.82) is 0 Å². The number of esters is 1. The Morgan fingerprint density at radius 3 is 1.94 bits per heavy atom. The van der Waals surface area contributed by atoms with Crippen LogP contribution in [0, 0.1) is 0 Å². The molecule has 1 aliphatic rings. The molecule has 0 saturated heterocycles. The van der Waals surface area contributed by atoms with E-state index in [1.165, 1.54) is 0 Å². The molecule has 0 unspecified atom stereocenters. The Morgan fingerprint density at radius 2 is 1.40 bits per heavy atom. The van der Waals surface area contributed by atoms with E-state index in [2.05, 4.69) is 6.92 Å². The standard InChI is InChI=1S/C28H29NO6/c1-4-7-16-35-26-21-11-9-8-10-20(21)25(34-6-3)23-24(26)28(32)29(27(23)31)19-14-12-18(13-15-19)17-22(30)33-5-2/h8-15H,4-7,16-17H2,1-3H3. The summed E-state index contributed by atoms with van der Waals surface area (Å²) in [6.45, 7) is 6.75. The molecule has 0 N–H and O–H groups in total. The van der Waals surface area contributed by atoms with Crippen molar-refractivity contribution < 1.29 is 28.6 Å². The van der Waals surface area contributed by atoms with Crippen molar-refractivity contribution in [2.24, 2.45) is 0 Å². The molecule has 3 aromatic rings. The SMILES string of the molecule is CCCCOc1c2c(c(OCC)c3ccccc13)C(=O)N(c1ccc(CC(=O)OCC)cc1)C2=O. The maximum Gasteiger partial charge on any atom is 0.310 e. The first kappa shape index (κ1) is 24.3. The average molecular weight is 476 g/mol. The highest BCUT2D eigenvalue weighted by molar-refractivity contribution is 6.38. The van der Waals surface area contributed by atoms with Crippen LogP contribution >= 0.6 is 0 Å². The summed E-state index contributed by atoms with van der Waals surface area (Å²) < 4.78 is 17.0. The number of fused-ring (bicyclic) bond motifs is 2. The number of imide groups is 1. The molecule has 0 aromatic heterocycles. The molecular weight excluding hydrogens is 446 g/mol. The van der Waals surface area contributed by atoms with Gasteiger partial charge in [0, 0.05) is 10.8 Å². The largest absolute Gasteiger partial charge is 0.492 e. The van der Waals surface area contributed by atoms with Crippen molar-refractivity contribution in [3.05, 3.63) is 65.2 Å². The quantitative estimate of drug-likeness (QED) is 0.224. The fourth-order valence-corrected chi connectivity index (χ4v) is 4.24. The number of carbonyl (C=O) groups is 3. The molecule has 0 fully saturated rings. The van der Waals surface area contributed by atoms with E-state index >= 15 is 0 Å². The van der Waals surface area contributed by atoms with E-state index in [4.69, 9.17) is 14.2 Å². The molecule has 0 spiro atoms. The second-order valence-corrected chi connectivity index (χ2v) is 8.18. The van der Waals surface area contributed by atoms with Gasteiger partial charge < -0.3 is 14.2 Å². The molecule has 0 aliphatic carbocycles. The van der Waals surface area contributed by atoms with Crippen LogP contribution in [0.25, 0.3) is 10.8 Å². The van der Waals surface area contributed by atoms with Gasteiger partial charge in [-0.2, -0.15) is 0 Å². The van der Waals surface area contributed by atoms with Gasteiger partial charge in [0.1, 0.15) is 11.5 Å². The minimum atomic E-state index is -0.460. The first-order chi connectivity index (χ1) is 17.0. The van der Waals surface area contributed by atoms with Gasteiger partial charge in [0.25, 0.3) is 11.8 Å². The topological polar surface area (TPSA) is 82.1 Å². The summed E-state index contributed by atoms with van der Waals surface area (Å²) in [4.78, 5) is 40.3. The van der Waals surface area contributed by atoms with Gasteiger partial charge in [-0.05, 0) is 38.0 Å². The maximum atomic E-state index is 13.7. The number of rotatable bonds is 10. The van der Waals surface area contributed by atoms with Crippen molar-refractivity contribution in [3.63, 3.8) is 0 Å². The number of amides is 2. The number of unbranched alkanes of at least 4 members (excludes halogenated alkanes) is 1. The molecule has 0 radical (unpaired) electrons. The molecule has 2 amide bonds. The lowest BCUT2D eigenvalue weighted by molar-refractivity contribution is -0.142. The number of anilines is 1. The van der Waals surface area contributed by atoms with Crippen LogP contribution in [0.4, 0.5) is 5.69 Å². The Hall–Kier alpha value is -3.87. The highest BCUT2D eigenvalue weighted by Crippen LogP contribution is 2.46. The van der Waals surface area contributed by atoms with Gasteiger partial charge in [-0.15, -0.1) is 0 Å². The number of hydrogen-bond donors (Lipinski definition) is 0. The zero-order valence-electron chi connectivity index (χ0n) is 20.3. The summed E-state index contributed by atoms with van der Waals surface area (Å²) in [7, 11) is 0. The third kappa shape index (κ3) is 4.58. The molecule has 35 heavy (non-hydrogen) atoms. The van der Waals surface area contributed by atoms with Crippen molar-refractivity contribution in [2.75, 3.05) is 24.7 Å². The van der Waals surface area contributed by atoms with E-state index in [9.17, 15) is 14.4 Å². The number of ether oxygens (including phenoxy) is 3. The van der Waals surface area contributed by atoms with Gasteiger partial charge >= 0.3 is 5.97 Å². The molecular formula is C28H29NO6. The first-order valence-electron chi connectivity index (χ1n) is 12.0.